The molecular weight excluding hydrogens is 847 g/mol. The summed E-state index contributed by atoms with van der Waals surface area (Å²) < 4.78 is 105. The fraction of sp³-hybridized carbons (Fsp3) is 0.818. The zero-order chi connectivity index (χ0) is 44.3. The topological polar surface area (TPSA) is 170 Å². The number of hydrogen-bond donors (Lipinski definition) is 2. The minimum absolute atomic E-state index is 0.00521. The molecule has 5 rings (SSSR count). The standard InChI is InChI=1S/C19H28N6O.C7H17O4P.C6H15O4P.CH4O.F6P/c1-2-10-18-17(9-1)20-21-25(18)26-19(22-11-3-4-12-22,23-13-5-6-14-23)24-15-7-8-16-24;1-5-7(2)11-6-12(8,9-3)10-4;1-4-6(2)10-5-11(7,8)9-3;1-2;1-7(2,3,4,5)6/h1-2,9-10H,3-8,11-16H2;7H,5-6H2,1-4H3;6H,4-5H2,1-3H3,(H,7,8);2H,1H3;/q;;;;-1. The second-order valence-electron chi connectivity index (χ2n) is 13.5. The number of hydrogen-bond acceptors (Lipinski definition) is 14. The summed E-state index contributed by atoms with van der Waals surface area (Å²) in [4.78, 5) is 25.0. The second-order valence-corrected chi connectivity index (χ2v) is 19.5. The van der Waals surface area contributed by atoms with Crippen LogP contribution in [0.1, 0.15) is 79.1 Å². The SMILES string of the molecule is CCC(C)OCP(=O)(O)OC.CCC(C)OCP(=O)(OC)OC.CO.F[P-](F)(F)(F)(F)F.c1ccc2c(c1)nnn2OC(N1CCCC1)(N1CCCC1)N1CCCC1. The molecule has 0 spiro atoms. The molecule has 0 bridgehead atoms. The molecule has 3 aliphatic rings. The number of benzene rings is 1. The van der Waals surface area contributed by atoms with E-state index in [1.165, 1.54) is 59.9 Å². The van der Waals surface area contributed by atoms with Gasteiger partial charge in [0.25, 0.3) is 0 Å². The Morgan fingerprint density at radius 3 is 1.47 bits per heavy atom. The van der Waals surface area contributed by atoms with Gasteiger partial charge in [0.2, 0.25) is 0 Å². The first-order chi connectivity index (χ1) is 26.9. The van der Waals surface area contributed by atoms with E-state index in [9.17, 15) is 34.3 Å². The van der Waals surface area contributed by atoms with Crippen LogP contribution in [0.2, 0.25) is 0 Å². The fourth-order valence-corrected chi connectivity index (χ4v) is 7.08. The van der Waals surface area contributed by atoms with Gasteiger partial charge in [0.15, 0.2) is 0 Å². The monoisotopic (exact) mass is 911 g/mol. The Labute approximate surface area is 337 Å². The van der Waals surface area contributed by atoms with Crippen LogP contribution in [0, 0.1) is 0 Å². The van der Waals surface area contributed by atoms with E-state index in [0.29, 0.717) is 0 Å². The van der Waals surface area contributed by atoms with E-state index in [4.69, 9.17) is 33.4 Å². The first-order valence-corrected chi connectivity index (χ1v) is 24.5. The van der Waals surface area contributed by atoms with Crippen LogP contribution in [0.5, 0.6) is 0 Å². The van der Waals surface area contributed by atoms with E-state index in [2.05, 4.69) is 29.5 Å². The quantitative estimate of drug-likeness (QED) is 0.121. The van der Waals surface area contributed by atoms with Gasteiger partial charge in [0.05, 0.1) is 12.2 Å². The van der Waals surface area contributed by atoms with Crippen LogP contribution in [0.25, 0.3) is 11.0 Å². The molecule has 0 aliphatic carbocycles. The van der Waals surface area contributed by atoms with Crippen molar-refractivity contribution < 1.29 is 72.2 Å². The van der Waals surface area contributed by atoms with Crippen molar-refractivity contribution >= 4 is 34.0 Å². The van der Waals surface area contributed by atoms with Crippen LogP contribution in [0.4, 0.5) is 25.2 Å². The van der Waals surface area contributed by atoms with Gasteiger partial charge in [-0.25, -0.2) is 14.7 Å². The van der Waals surface area contributed by atoms with Gasteiger partial charge in [0.1, 0.15) is 23.7 Å². The van der Waals surface area contributed by atoms with Crippen molar-refractivity contribution in [3.8, 4) is 0 Å². The number of nitrogens with zero attached hydrogens (tertiary/aromatic N) is 6. The van der Waals surface area contributed by atoms with Crippen molar-refractivity contribution in [1.82, 2.24) is 29.9 Å². The number of likely N-dealkylation sites (tertiary alicyclic amines) is 3. The molecule has 2 N–H and O–H groups in total. The van der Waals surface area contributed by atoms with Crippen molar-refractivity contribution in [2.45, 2.75) is 97.2 Å². The molecule has 2 aromatic rings. The molecule has 0 amide bonds. The molecule has 0 saturated carbocycles. The van der Waals surface area contributed by atoms with Crippen molar-refractivity contribution in [2.24, 2.45) is 0 Å². The van der Waals surface area contributed by atoms with Crippen molar-refractivity contribution in [1.29, 1.82) is 0 Å². The van der Waals surface area contributed by atoms with Crippen molar-refractivity contribution in [3.05, 3.63) is 24.3 Å². The number of fused-ring (bicyclic) bond motifs is 1. The molecule has 1 aromatic carbocycles. The minimum atomic E-state index is -10.7. The summed E-state index contributed by atoms with van der Waals surface area (Å²) in [7, 11) is -12.2. The third-order valence-electron chi connectivity index (χ3n) is 9.12. The molecule has 25 heteroatoms. The molecule has 3 aliphatic heterocycles. The predicted octanol–water partition coefficient (Wildman–Crippen LogP) is 8.59. The number of aromatic nitrogens is 3. The van der Waals surface area contributed by atoms with E-state index in [0.717, 1.165) is 70.3 Å². The maximum atomic E-state index is 11.4. The number of halogens is 6. The fourth-order valence-electron chi connectivity index (χ4n) is 5.74. The third-order valence-corrected chi connectivity index (χ3v) is 11.7. The summed E-state index contributed by atoms with van der Waals surface area (Å²) in [6.45, 7) is 14.2. The van der Waals surface area contributed by atoms with Crippen LogP contribution in [-0.4, -0.2) is 138 Å². The van der Waals surface area contributed by atoms with Gasteiger partial charge in [-0.3, -0.25) is 9.13 Å². The number of rotatable bonds is 16. The van der Waals surface area contributed by atoms with E-state index >= 15 is 0 Å². The zero-order valence-electron chi connectivity index (χ0n) is 34.7. The van der Waals surface area contributed by atoms with Crippen molar-refractivity contribution in [2.75, 3.05) is 80.4 Å². The Bertz CT molecular complexity index is 1490. The molecule has 344 valence electrons. The molecule has 58 heavy (non-hydrogen) atoms. The molecule has 4 heterocycles. The maximum Gasteiger partial charge on any atom is 0.311 e. The average Bonchev–Trinajstić information content (AvgIpc) is 4.04. The Balaban J connectivity index is 0.000000442. The molecule has 1 aromatic heterocycles. The van der Waals surface area contributed by atoms with Gasteiger partial charge in [-0.15, -0.1) is 5.10 Å². The summed E-state index contributed by atoms with van der Waals surface area (Å²) in [6.07, 6.45) is 9.04. The van der Waals surface area contributed by atoms with E-state index in [1.54, 1.807) is 4.85 Å². The van der Waals surface area contributed by atoms with Gasteiger partial charge < -0.3 is 37.9 Å². The minimum Gasteiger partial charge on any atom is -0.339 e. The first kappa shape index (κ1) is 54.5. The Morgan fingerprint density at radius 1 is 0.724 bits per heavy atom. The molecule has 0 radical (unpaired) electrons. The Kier molecular flexibility index (Phi) is 22.2. The van der Waals surface area contributed by atoms with Gasteiger partial charge in [-0.05, 0) is 82.6 Å². The van der Waals surface area contributed by atoms with E-state index < -0.39 is 29.0 Å². The maximum absolute atomic E-state index is 11.4. The summed E-state index contributed by atoms with van der Waals surface area (Å²) in [6, 6.07) is 8.05. The molecule has 3 unspecified atom stereocenters. The molecule has 16 nitrogen and oxygen atoms in total. The summed E-state index contributed by atoms with van der Waals surface area (Å²) in [5, 5.41) is 15.7. The summed E-state index contributed by atoms with van der Waals surface area (Å²) in [5.41, 5.74) is 1.82. The molecule has 3 fully saturated rings. The molecule has 3 saturated heterocycles. The van der Waals surface area contributed by atoms with Crippen LogP contribution >= 0.6 is 23.0 Å². The molecular formula is C33H64F6N6O10P3-. The largest absolute Gasteiger partial charge is 0.339 e. The van der Waals surface area contributed by atoms with Crippen LogP contribution in [-0.2, 0) is 32.2 Å². The summed E-state index contributed by atoms with van der Waals surface area (Å²) >= 11 is 0. The number of aliphatic hydroxyl groups is 1. The predicted molar refractivity (Wildman–Crippen MR) is 211 cm³/mol. The number of ether oxygens (including phenoxy) is 2. The normalized spacial score (nSPS) is 20.1. The smallest absolute Gasteiger partial charge is 0.311 e. The second kappa shape index (κ2) is 23.6. The van der Waals surface area contributed by atoms with Crippen LogP contribution in [0.3, 0.4) is 0 Å². The Morgan fingerprint density at radius 2 is 1.10 bits per heavy atom. The molecule has 3 atom stereocenters. The average molecular weight is 912 g/mol. The van der Waals surface area contributed by atoms with Crippen molar-refractivity contribution in [3.63, 3.8) is 0 Å². The summed E-state index contributed by atoms with van der Waals surface area (Å²) in [5.74, 6) is -0.528. The van der Waals surface area contributed by atoms with Gasteiger partial charge >= 0.3 is 54.2 Å². The van der Waals surface area contributed by atoms with Crippen LogP contribution in [0.15, 0.2) is 24.3 Å². The number of para-hydroxylation sites is 1. The number of aliphatic hydroxyl groups excluding tert-OH is 1. The first-order valence-electron chi connectivity index (χ1n) is 19.0. The van der Waals surface area contributed by atoms with Gasteiger partial charge in [-0.1, -0.05) is 30.8 Å². The van der Waals surface area contributed by atoms with Crippen LogP contribution < -0.4 is 4.84 Å². The van der Waals surface area contributed by atoms with Gasteiger partial charge in [-0.2, -0.15) is 0 Å². The third kappa shape index (κ3) is 20.4. The zero-order valence-corrected chi connectivity index (χ0v) is 37.4. The Hall–Kier alpha value is -1.51. The van der Waals surface area contributed by atoms with E-state index in [-0.39, 0.29) is 24.9 Å². The van der Waals surface area contributed by atoms with Gasteiger partial charge in [0, 0.05) is 67.7 Å². The van der Waals surface area contributed by atoms with E-state index in [1.807, 2.05) is 52.0 Å².